The number of benzene rings is 1. The van der Waals surface area contributed by atoms with E-state index in [0.717, 1.165) is 34.8 Å². The highest BCUT2D eigenvalue weighted by atomic mass is 32.1. The van der Waals surface area contributed by atoms with E-state index in [2.05, 4.69) is 23.3 Å². The van der Waals surface area contributed by atoms with E-state index in [9.17, 15) is 4.79 Å². The fourth-order valence-corrected chi connectivity index (χ4v) is 4.95. The van der Waals surface area contributed by atoms with Crippen molar-refractivity contribution >= 4 is 23.3 Å². The molecule has 0 N–H and O–H groups in total. The van der Waals surface area contributed by atoms with Crippen molar-refractivity contribution in [2.45, 2.75) is 25.7 Å². The molecule has 0 bridgehead atoms. The van der Waals surface area contributed by atoms with Gasteiger partial charge in [-0.1, -0.05) is 43.0 Å². The molecule has 148 valence electrons. The Morgan fingerprint density at radius 1 is 1.03 bits per heavy atom. The largest absolute Gasteiger partial charge is 0.319 e. The highest BCUT2D eigenvalue weighted by molar-refractivity contribution is 7.13. The number of aryl methyl sites for hydroxylation is 1. The molecule has 0 fully saturated rings. The lowest BCUT2D eigenvalue weighted by atomic mass is 9.97. The fraction of sp³-hybridized carbons (Fsp3) is 0.154. The van der Waals surface area contributed by atoms with Crippen LogP contribution in [0.15, 0.2) is 72.6 Å². The highest BCUT2D eigenvalue weighted by Gasteiger charge is 2.23. The minimum absolute atomic E-state index is 0.00869. The summed E-state index contributed by atoms with van der Waals surface area (Å²) in [6.07, 6.45) is 6.34. The van der Waals surface area contributed by atoms with Crippen molar-refractivity contribution in [2.75, 3.05) is 0 Å². The van der Waals surface area contributed by atoms with Gasteiger partial charge in [0.25, 0.3) is 0 Å². The summed E-state index contributed by atoms with van der Waals surface area (Å²) in [5.41, 5.74) is 6.51. The second kappa shape index (κ2) is 7.88. The lowest BCUT2D eigenvalue weighted by molar-refractivity contribution is 0.103. The summed E-state index contributed by atoms with van der Waals surface area (Å²) in [4.78, 5) is 19.5. The van der Waals surface area contributed by atoms with Crippen molar-refractivity contribution in [3.05, 3.63) is 95.0 Å². The Morgan fingerprint density at radius 3 is 2.63 bits per heavy atom. The van der Waals surface area contributed by atoms with Gasteiger partial charge in [0, 0.05) is 17.5 Å². The van der Waals surface area contributed by atoms with E-state index in [0.29, 0.717) is 11.1 Å². The molecule has 0 radical (unpaired) electrons. The molecule has 1 aromatic carbocycles. The third-order valence-corrected chi connectivity index (χ3v) is 6.61. The molecule has 5 rings (SSSR count). The number of carbonyl (C=O) groups excluding carboxylic acids is 1. The van der Waals surface area contributed by atoms with E-state index < -0.39 is 0 Å². The molecule has 0 aliphatic heterocycles. The normalized spacial score (nSPS) is 13.1. The molecule has 1 aliphatic carbocycles. The molecule has 1 aliphatic rings. The highest BCUT2D eigenvalue weighted by Crippen LogP contribution is 2.35. The van der Waals surface area contributed by atoms with Gasteiger partial charge in [0.05, 0.1) is 27.5 Å². The van der Waals surface area contributed by atoms with E-state index in [1.54, 1.807) is 11.3 Å². The van der Waals surface area contributed by atoms with Crippen LogP contribution < -0.4 is 0 Å². The number of thiophene rings is 1. The van der Waals surface area contributed by atoms with Gasteiger partial charge in [-0.15, -0.1) is 11.3 Å². The van der Waals surface area contributed by atoms with Crippen LogP contribution in [0.3, 0.4) is 0 Å². The van der Waals surface area contributed by atoms with Crippen LogP contribution in [0.1, 0.15) is 40.0 Å². The summed E-state index contributed by atoms with van der Waals surface area (Å²) < 4.78 is 2.14. The molecule has 0 unspecified atom stereocenters. The van der Waals surface area contributed by atoms with Crippen LogP contribution in [0, 0.1) is 0 Å². The first kappa shape index (κ1) is 18.8. The Morgan fingerprint density at radius 2 is 1.87 bits per heavy atom. The van der Waals surface area contributed by atoms with Gasteiger partial charge in [0.1, 0.15) is 0 Å². The number of aromatic nitrogens is 2. The van der Waals surface area contributed by atoms with Crippen LogP contribution in [0.2, 0.25) is 0 Å². The summed E-state index contributed by atoms with van der Waals surface area (Å²) in [6, 6.07) is 19.6. The molecule has 4 heteroatoms. The summed E-state index contributed by atoms with van der Waals surface area (Å²) in [5.74, 6) is -0.00869. The lowest BCUT2D eigenvalue weighted by Crippen LogP contribution is -2.08. The van der Waals surface area contributed by atoms with Gasteiger partial charge in [-0.25, -0.2) is 4.98 Å². The summed E-state index contributed by atoms with van der Waals surface area (Å²) in [7, 11) is 0. The predicted octanol–water partition coefficient (Wildman–Crippen LogP) is 6.49. The molecular formula is C26H22N2OS. The Bertz CT molecular complexity index is 1220. The zero-order valence-corrected chi connectivity index (χ0v) is 17.5. The zero-order chi connectivity index (χ0) is 20.5. The van der Waals surface area contributed by atoms with Gasteiger partial charge in [-0.2, -0.15) is 0 Å². The van der Waals surface area contributed by atoms with Crippen molar-refractivity contribution in [2.24, 2.45) is 0 Å². The van der Waals surface area contributed by atoms with E-state index in [1.165, 1.54) is 24.1 Å². The van der Waals surface area contributed by atoms with Crippen molar-refractivity contribution < 1.29 is 4.79 Å². The quantitative estimate of drug-likeness (QED) is 0.353. The van der Waals surface area contributed by atoms with E-state index in [4.69, 9.17) is 4.98 Å². The predicted molar refractivity (Wildman–Crippen MR) is 124 cm³/mol. The number of pyridine rings is 1. The average Bonchev–Trinajstić information content (AvgIpc) is 3.47. The average molecular weight is 411 g/mol. The standard InChI is InChI=1S/C26H22N2OS/c1-2-28-22-12-7-6-11-19(22)17-23(28)25-20(26(29)18-9-4-3-5-10-18)14-15-21(27-25)24-13-8-16-30-24/h2-5,8-10,13-17H,1,6-7,11-12H2. The second-order valence-corrected chi connectivity index (χ2v) is 8.47. The first-order valence-corrected chi connectivity index (χ1v) is 11.1. The summed E-state index contributed by atoms with van der Waals surface area (Å²) in [5, 5.41) is 2.05. The van der Waals surface area contributed by atoms with Crippen molar-refractivity contribution in [1.29, 1.82) is 0 Å². The van der Waals surface area contributed by atoms with Gasteiger partial charge in [0.15, 0.2) is 5.78 Å². The maximum atomic E-state index is 13.4. The smallest absolute Gasteiger partial charge is 0.195 e. The first-order valence-electron chi connectivity index (χ1n) is 10.3. The van der Waals surface area contributed by atoms with E-state index in [1.807, 2.05) is 60.1 Å². The number of carbonyl (C=O) groups is 1. The van der Waals surface area contributed by atoms with Gasteiger partial charge in [-0.05, 0) is 60.9 Å². The number of hydrogen-bond acceptors (Lipinski definition) is 3. The minimum Gasteiger partial charge on any atom is -0.319 e. The van der Waals surface area contributed by atoms with Crippen LogP contribution in [-0.4, -0.2) is 15.3 Å². The molecule has 3 aromatic heterocycles. The zero-order valence-electron chi connectivity index (χ0n) is 16.7. The molecule has 3 nitrogen and oxygen atoms in total. The Labute approximate surface area is 180 Å². The van der Waals surface area contributed by atoms with E-state index >= 15 is 0 Å². The summed E-state index contributed by atoms with van der Waals surface area (Å²) >= 11 is 1.65. The number of ketones is 1. The Hall–Kier alpha value is -3.24. The Balaban J connectivity index is 1.73. The fourth-order valence-electron chi connectivity index (χ4n) is 4.26. The topological polar surface area (TPSA) is 34.9 Å². The van der Waals surface area contributed by atoms with Crippen LogP contribution in [0.5, 0.6) is 0 Å². The molecule has 0 spiro atoms. The van der Waals surface area contributed by atoms with Crippen molar-refractivity contribution in [3.63, 3.8) is 0 Å². The molecule has 0 atom stereocenters. The Kier molecular flexibility index (Phi) is 4.93. The summed E-state index contributed by atoms with van der Waals surface area (Å²) in [6.45, 7) is 4.05. The number of hydrogen-bond donors (Lipinski definition) is 0. The molecule has 3 heterocycles. The van der Waals surface area contributed by atoms with Crippen molar-refractivity contribution in [1.82, 2.24) is 9.55 Å². The van der Waals surface area contributed by atoms with Crippen LogP contribution in [-0.2, 0) is 12.8 Å². The van der Waals surface area contributed by atoms with Crippen LogP contribution in [0.25, 0.3) is 28.2 Å². The lowest BCUT2D eigenvalue weighted by Gasteiger charge is -2.15. The van der Waals surface area contributed by atoms with Gasteiger partial charge < -0.3 is 4.57 Å². The third kappa shape index (κ3) is 3.23. The molecule has 4 aromatic rings. The monoisotopic (exact) mass is 410 g/mol. The van der Waals surface area contributed by atoms with Crippen LogP contribution in [0.4, 0.5) is 0 Å². The number of rotatable bonds is 5. The first-order chi connectivity index (χ1) is 14.8. The maximum absolute atomic E-state index is 13.4. The second-order valence-electron chi connectivity index (χ2n) is 7.53. The minimum atomic E-state index is -0.00869. The number of fused-ring (bicyclic) bond motifs is 1. The molecule has 0 saturated carbocycles. The molecule has 0 saturated heterocycles. The van der Waals surface area contributed by atoms with Crippen LogP contribution >= 0.6 is 11.3 Å². The van der Waals surface area contributed by atoms with E-state index in [-0.39, 0.29) is 5.78 Å². The van der Waals surface area contributed by atoms with Gasteiger partial charge in [0.2, 0.25) is 0 Å². The van der Waals surface area contributed by atoms with Crippen molar-refractivity contribution in [3.8, 4) is 22.0 Å². The molecule has 30 heavy (non-hydrogen) atoms. The maximum Gasteiger partial charge on any atom is 0.195 e. The van der Waals surface area contributed by atoms with Gasteiger partial charge in [-0.3, -0.25) is 4.79 Å². The molecular weight excluding hydrogens is 388 g/mol. The molecule has 0 amide bonds. The van der Waals surface area contributed by atoms with Gasteiger partial charge >= 0.3 is 0 Å². The SMILES string of the molecule is C=Cn1c(-c2nc(-c3cccs3)ccc2C(=O)c2ccccc2)cc2c1CCCC2. The number of nitrogens with zero attached hydrogens (tertiary/aromatic N) is 2. The third-order valence-electron chi connectivity index (χ3n) is 5.72.